The Morgan fingerprint density at radius 1 is 1.50 bits per heavy atom. The lowest BCUT2D eigenvalue weighted by Gasteiger charge is -2.14. The first-order chi connectivity index (χ1) is 7.49. The molecule has 0 spiro atoms. The van der Waals surface area contributed by atoms with Gasteiger partial charge < -0.3 is 19.7 Å². The molecule has 1 aromatic rings. The Balaban J connectivity index is 2.37. The predicted molar refractivity (Wildman–Crippen MR) is 55.9 cm³/mol. The zero-order valence-corrected chi connectivity index (χ0v) is 9.19. The fourth-order valence-corrected chi connectivity index (χ4v) is 1.15. The van der Waals surface area contributed by atoms with E-state index in [2.05, 4.69) is 5.32 Å². The highest BCUT2D eigenvalue weighted by Gasteiger charge is 2.11. The maximum Gasteiger partial charge on any atom is 0.323 e. The third-order valence-corrected chi connectivity index (χ3v) is 1.93. The van der Waals surface area contributed by atoms with Gasteiger partial charge in [0.15, 0.2) is 0 Å². The number of furan rings is 1. The molecule has 1 aromatic heterocycles. The Labute approximate surface area is 92.8 Å². The van der Waals surface area contributed by atoms with Gasteiger partial charge in [0, 0.05) is 7.05 Å². The number of carbonyl (C=O) groups is 2. The second-order valence-corrected chi connectivity index (χ2v) is 3.42. The van der Waals surface area contributed by atoms with E-state index in [4.69, 9.17) is 9.52 Å². The van der Waals surface area contributed by atoms with E-state index < -0.39 is 12.0 Å². The van der Waals surface area contributed by atoms with Crippen molar-refractivity contribution in [2.75, 3.05) is 13.6 Å². The fraction of sp³-hybridized carbons (Fsp3) is 0.400. The third-order valence-electron chi connectivity index (χ3n) is 1.93. The lowest BCUT2D eigenvalue weighted by atomic mass is 10.4. The molecule has 2 N–H and O–H groups in total. The minimum atomic E-state index is -1.05. The average Bonchev–Trinajstić information content (AvgIpc) is 2.59. The number of carboxylic acid groups (broad SMARTS) is 1. The van der Waals surface area contributed by atoms with Crippen molar-refractivity contribution in [2.45, 2.75) is 13.5 Å². The molecule has 0 fully saturated rings. The van der Waals surface area contributed by atoms with E-state index in [0.717, 1.165) is 10.7 Å². The van der Waals surface area contributed by atoms with Crippen LogP contribution in [0.3, 0.4) is 0 Å². The number of aryl methyl sites for hydroxylation is 1. The van der Waals surface area contributed by atoms with Crippen LogP contribution in [-0.2, 0) is 11.3 Å². The Morgan fingerprint density at radius 3 is 2.69 bits per heavy atom. The molecule has 0 aliphatic carbocycles. The summed E-state index contributed by atoms with van der Waals surface area (Å²) in [4.78, 5) is 22.8. The van der Waals surface area contributed by atoms with E-state index in [1.54, 1.807) is 12.1 Å². The van der Waals surface area contributed by atoms with Crippen LogP contribution in [0.5, 0.6) is 0 Å². The van der Waals surface area contributed by atoms with Gasteiger partial charge in [-0.15, -0.1) is 0 Å². The highest BCUT2D eigenvalue weighted by atomic mass is 16.4. The molecule has 88 valence electrons. The maximum atomic E-state index is 11.4. The molecule has 0 bridgehead atoms. The van der Waals surface area contributed by atoms with Gasteiger partial charge in [-0.3, -0.25) is 4.79 Å². The lowest BCUT2D eigenvalue weighted by Crippen LogP contribution is -2.39. The highest BCUT2D eigenvalue weighted by molar-refractivity contribution is 5.79. The highest BCUT2D eigenvalue weighted by Crippen LogP contribution is 2.05. The Morgan fingerprint density at radius 2 is 2.19 bits per heavy atom. The number of amides is 2. The molecule has 2 amide bonds. The summed E-state index contributed by atoms with van der Waals surface area (Å²) in [5, 5.41) is 11.0. The van der Waals surface area contributed by atoms with Gasteiger partial charge in [-0.05, 0) is 19.1 Å². The quantitative estimate of drug-likeness (QED) is 0.796. The van der Waals surface area contributed by atoms with E-state index in [-0.39, 0.29) is 13.1 Å². The summed E-state index contributed by atoms with van der Waals surface area (Å²) >= 11 is 0. The first-order valence-corrected chi connectivity index (χ1v) is 4.75. The van der Waals surface area contributed by atoms with Crippen LogP contribution in [0.2, 0.25) is 0 Å². The molecular weight excluding hydrogens is 212 g/mol. The molecule has 6 nitrogen and oxygen atoms in total. The third kappa shape index (κ3) is 3.64. The van der Waals surface area contributed by atoms with Crippen LogP contribution in [0.4, 0.5) is 4.79 Å². The summed E-state index contributed by atoms with van der Waals surface area (Å²) in [5.74, 6) is 0.351. The van der Waals surface area contributed by atoms with Crippen molar-refractivity contribution < 1.29 is 19.1 Å². The summed E-state index contributed by atoms with van der Waals surface area (Å²) in [6.07, 6.45) is 0. The molecule has 0 aliphatic heterocycles. The summed E-state index contributed by atoms with van der Waals surface area (Å²) < 4.78 is 5.25. The van der Waals surface area contributed by atoms with E-state index in [1.165, 1.54) is 7.05 Å². The normalized spacial score (nSPS) is 9.88. The van der Waals surface area contributed by atoms with E-state index in [0.29, 0.717) is 5.76 Å². The van der Waals surface area contributed by atoms with Crippen molar-refractivity contribution in [1.82, 2.24) is 10.2 Å². The van der Waals surface area contributed by atoms with Gasteiger partial charge in [-0.1, -0.05) is 0 Å². The number of urea groups is 1. The van der Waals surface area contributed by atoms with E-state index in [1.807, 2.05) is 6.92 Å². The van der Waals surface area contributed by atoms with Crippen LogP contribution in [0.15, 0.2) is 16.5 Å². The molecule has 0 saturated heterocycles. The summed E-state index contributed by atoms with van der Waals surface area (Å²) in [6.45, 7) is 1.72. The molecular formula is C10H14N2O4. The monoisotopic (exact) mass is 226 g/mol. The largest absolute Gasteiger partial charge is 0.480 e. The second kappa shape index (κ2) is 5.20. The summed E-state index contributed by atoms with van der Waals surface area (Å²) in [6, 6.07) is 3.10. The number of nitrogens with zero attached hydrogens (tertiary/aromatic N) is 1. The van der Waals surface area contributed by atoms with Crippen LogP contribution >= 0.6 is 0 Å². The zero-order valence-electron chi connectivity index (χ0n) is 9.19. The van der Waals surface area contributed by atoms with Crippen LogP contribution in [0.1, 0.15) is 11.5 Å². The number of hydrogen-bond donors (Lipinski definition) is 2. The van der Waals surface area contributed by atoms with E-state index >= 15 is 0 Å². The molecule has 0 radical (unpaired) electrons. The summed E-state index contributed by atoms with van der Waals surface area (Å²) in [7, 11) is 1.41. The molecule has 6 heteroatoms. The first kappa shape index (κ1) is 12.1. The van der Waals surface area contributed by atoms with Crippen molar-refractivity contribution in [3.63, 3.8) is 0 Å². The van der Waals surface area contributed by atoms with Gasteiger partial charge in [0.05, 0.1) is 6.54 Å². The van der Waals surface area contributed by atoms with Crippen molar-refractivity contribution in [3.05, 3.63) is 23.7 Å². The van der Waals surface area contributed by atoms with Crippen LogP contribution in [0, 0.1) is 6.92 Å². The van der Waals surface area contributed by atoms with Crippen molar-refractivity contribution >= 4 is 12.0 Å². The van der Waals surface area contributed by atoms with Crippen molar-refractivity contribution in [3.8, 4) is 0 Å². The van der Waals surface area contributed by atoms with Gasteiger partial charge >= 0.3 is 12.0 Å². The number of rotatable bonds is 4. The molecule has 1 rings (SSSR count). The zero-order chi connectivity index (χ0) is 12.1. The van der Waals surface area contributed by atoms with Gasteiger partial charge in [-0.2, -0.15) is 0 Å². The van der Waals surface area contributed by atoms with Gasteiger partial charge in [0.2, 0.25) is 0 Å². The standard InChI is InChI=1S/C10H14N2O4/c1-7-3-4-8(16-7)5-11-10(15)12(2)6-9(13)14/h3-4H,5-6H2,1-2H3,(H,11,15)(H,13,14). The van der Waals surface area contributed by atoms with E-state index in [9.17, 15) is 9.59 Å². The number of carbonyl (C=O) groups excluding carboxylic acids is 1. The number of aliphatic carboxylic acids is 1. The average molecular weight is 226 g/mol. The van der Waals surface area contributed by atoms with Gasteiger partial charge in [0.25, 0.3) is 0 Å². The molecule has 0 aromatic carbocycles. The molecule has 0 atom stereocenters. The lowest BCUT2D eigenvalue weighted by molar-refractivity contribution is -0.137. The molecule has 16 heavy (non-hydrogen) atoms. The van der Waals surface area contributed by atoms with Crippen LogP contribution in [-0.4, -0.2) is 35.6 Å². The number of likely N-dealkylation sites (N-methyl/N-ethyl adjacent to an activating group) is 1. The molecule has 1 heterocycles. The fourth-order valence-electron chi connectivity index (χ4n) is 1.15. The first-order valence-electron chi connectivity index (χ1n) is 4.75. The Kier molecular flexibility index (Phi) is 3.93. The number of carboxylic acids is 1. The Hall–Kier alpha value is -1.98. The number of hydrogen-bond acceptors (Lipinski definition) is 3. The minimum absolute atomic E-state index is 0.247. The molecule has 0 saturated carbocycles. The van der Waals surface area contributed by atoms with Crippen molar-refractivity contribution in [2.24, 2.45) is 0 Å². The van der Waals surface area contributed by atoms with Gasteiger partial charge in [-0.25, -0.2) is 4.79 Å². The molecule has 0 aliphatic rings. The van der Waals surface area contributed by atoms with Gasteiger partial charge in [0.1, 0.15) is 18.1 Å². The van der Waals surface area contributed by atoms with Crippen molar-refractivity contribution in [1.29, 1.82) is 0 Å². The maximum absolute atomic E-state index is 11.4. The smallest absolute Gasteiger partial charge is 0.323 e. The minimum Gasteiger partial charge on any atom is -0.480 e. The van der Waals surface area contributed by atoms with Crippen LogP contribution < -0.4 is 5.32 Å². The second-order valence-electron chi connectivity index (χ2n) is 3.42. The Bertz CT molecular complexity index is 386. The summed E-state index contributed by atoms with van der Waals surface area (Å²) in [5.41, 5.74) is 0. The molecule has 0 unspecified atom stereocenters. The van der Waals surface area contributed by atoms with Crippen LogP contribution in [0.25, 0.3) is 0 Å². The predicted octanol–water partition coefficient (Wildman–Crippen LogP) is 0.814. The topological polar surface area (TPSA) is 82.8 Å². The SMILES string of the molecule is Cc1ccc(CNC(=O)N(C)CC(=O)O)o1. The number of nitrogens with one attached hydrogen (secondary N) is 1.